The first-order valence-electron chi connectivity index (χ1n) is 5.63. The Kier molecular flexibility index (Phi) is 3.82. The van der Waals surface area contributed by atoms with Gasteiger partial charge in [0.1, 0.15) is 0 Å². The second kappa shape index (κ2) is 5.36. The summed E-state index contributed by atoms with van der Waals surface area (Å²) in [5, 5.41) is 0. The summed E-state index contributed by atoms with van der Waals surface area (Å²) in [6, 6.07) is 9.42. The van der Waals surface area contributed by atoms with Gasteiger partial charge in [-0.15, -0.1) is 11.6 Å². The molecule has 0 fully saturated rings. The Hall–Kier alpha value is -1.61. The van der Waals surface area contributed by atoms with Crippen molar-refractivity contribution >= 4 is 23.1 Å². The van der Waals surface area contributed by atoms with Crippen LogP contribution >= 0.6 is 11.6 Å². The van der Waals surface area contributed by atoms with E-state index in [1.54, 1.807) is 24.2 Å². The van der Waals surface area contributed by atoms with Gasteiger partial charge in [-0.05, 0) is 30.7 Å². The molecule has 2 rings (SSSR count). The molecule has 0 unspecified atom stereocenters. The lowest BCUT2D eigenvalue weighted by atomic mass is 10.2. The number of hydrogen-bond acceptors (Lipinski definition) is 2. The number of aromatic nitrogens is 1. The first-order chi connectivity index (χ1) is 8.63. The Morgan fingerprint density at radius 1 is 1.33 bits per heavy atom. The van der Waals surface area contributed by atoms with Gasteiger partial charge in [-0.2, -0.15) is 0 Å². The zero-order valence-corrected chi connectivity index (χ0v) is 11.1. The molecule has 0 aliphatic heterocycles. The maximum absolute atomic E-state index is 14.1. The topological polar surface area (TPSA) is 16.1 Å². The molecule has 94 valence electrons. The predicted octanol–water partition coefficient (Wildman–Crippen LogP) is 4.04. The number of nitrogens with zero attached hydrogens (tertiary/aromatic N) is 2. The molecule has 0 saturated heterocycles. The molecule has 0 aliphatic rings. The highest BCUT2D eigenvalue weighted by molar-refractivity contribution is 6.17. The van der Waals surface area contributed by atoms with Gasteiger partial charge in [0.15, 0.2) is 11.6 Å². The van der Waals surface area contributed by atoms with E-state index < -0.39 is 0 Å². The molecule has 1 heterocycles. The molecule has 0 aliphatic carbocycles. The number of pyridine rings is 1. The average Bonchev–Trinajstić information content (AvgIpc) is 2.38. The van der Waals surface area contributed by atoms with Gasteiger partial charge in [-0.3, -0.25) is 0 Å². The van der Waals surface area contributed by atoms with Crippen molar-refractivity contribution in [3.05, 3.63) is 53.5 Å². The highest BCUT2D eigenvalue weighted by Crippen LogP contribution is 2.26. The lowest BCUT2D eigenvalue weighted by Gasteiger charge is -2.20. The number of aryl methyl sites for hydroxylation is 1. The van der Waals surface area contributed by atoms with Crippen molar-refractivity contribution in [3.8, 4) is 0 Å². The number of hydrogen-bond donors (Lipinski definition) is 0. The Morgan fingerprint density at radius 3 is 2.78 bits per heavy atom. The molecular weight excluding hydrogens is 251 g/mol. The maximum atomic E-state index is 14.1. The van der Waals surface area contributed by atoms with Gasteiger partial charge in [0.25, 0.3) is 0 Å². The highest BCUT2D eigenvalue weighted by Gasteiger charge is 2.14. The second-order valence-corrected chi connectivity index (χ2v) is 4.41. The van der Waals surface area contributed by atoms with E-state index in [1.165, 1.54) is 0 Å². The van der Waals surface area contributed by atoms with Crippen LogP contribution < -0.4 is 4.90 Å². The Bertz CT molecular complexity index is 557. The molecular formula is C14H14ClFN2. The molecule has 0 spiro atoms. The quantitative estimate of drug-likeness (QED) is 0.778. The second-order valence-electron chi connectivity index (χ2n) is 4.14. The summed E-state index contributed by atoms with van der Waals surface area (Å²) in [5.41, 5.74) is 2.47. The molecule has 0 saturated carbocycles. The summed E-state index contributed by atoms with van der Waals surface area (Å²) >= 11 is 5.69. The van der Waals surface area contributed by atoms with E-state index in [-0.39, 0.29) is 11.7 Å². The van der Waals surface area contributed by atoms with Crippen LogP contribution in [0, 0.1) is 12.7 Å². The van der Waals surface area contributed by atoms with Crippen LogP contribution in [0.1, 0.15) is 11.1 Å². The minimum Gasteiger partial charge on any atom is -0.327 e. The summed E-state index contributed by atoms with van der Waals surface area (Å²) in [5.74, 6) is 0.0680. The van der Waals surface area contributed by atoms with E-state index >= 15 is 0 Å². The Morgan fingerprint density at radius 2 is 2.11 bits per heavy atom. The molecule has 2 aromatic rings. The third-order valence-corrected chi connectivity index (χ3v) is 3.09. The van der Waals surface area contributed by atoms with Crippen LogP contribution in [-0.4, -0.2) is 12.0 Å². The molecule has 0 bridgehead atoms. The van der Waals surface area contributed by atoms with Crippen molar-refractivity contribution in [2.45, 2.75) is 12.8 Å². The molecule has 1 aromatic heterocycles. The molecule has 0 amide bonds. The normalized spacial score (nSPS) is 10.4. The number of alkyl halides is 1. The molecule has 0 atom stereocenters. The minimum atomic E-state index is -0.364. The lowest BCUT2D eigenvalue weighted by molar-refractivity contribution is 0.610. The Labute approximate surface area is 111 Å². The van der Waals surface area contributed by atoms with Crippen LogP contribution in [0.3, 0.4) is 0 Å². The van der Waals surface area contributed by atoms with Crippen LogP contribution in [0.5, 0.6) is 0 Å². The van der Waals surface area contributed by atoms with Crippen LogP contribution in [0.2, 0.25) is 0 Å². The Balaban J connectivity index is 2.43. The summed E-state index contributed by atoms with van der Waals surface area (Å²) in [6.45, 7) is 2.00. The fraction of sp³-hybridized carbons (Fsp3) is 0.214. The van der Waals surface area contributed by atoms with Gasteiger partial charge in [0, 0.05) is 24.5 Å². The van der Waals surface area contributed by atoms with Crippen molar-refractivity contribution in [1.82, 2.24) is 4.98 Å². The van der Waals surface area contributed by atoms with Crippen molar-refractivity contribution in [2.75, 3.05) is 11.9 Å². The van der Waals surface area contributed by atoms with Gasteiger partial charge in [-0.25, -0.2) is 9.37 Å². The largest absolute Gasteiger partial charge is 0.327 e. The van der Waals surface area contributed by atoms with E-state index in [1.807, 2.05) is 31.2 Å². The molecule has 2 nitrogen and oxygen atoms in total. The third kappa shape index (κ3) is 2.46. The molecule has 4 heteroatoms. The molecule has 1 aromatic carbocycles. The van der Waals surface area contributed by atoms with E-state index in [4.69, 9.17) is 11.6 Å². The van der Waals surface area contributed by atoms with Crippen LogP contribution in [-0.2, 0) is 5.88 Å². The van der Waals surface area contributed by atoms with E-state index in [9.17, 15) is 4.39 Å². The summed E-state index contributed by atoms with van der Waals surface area (Å²) in [4.78, 5) is 5.81. The van der Waals surface area contributed by atoms with Gasteiger partial charge in [-0.1, -0.05) is 12.1 Å². The summed E-state index contributed by atoms with van der Waals surface area (Å²) in [6.07, 6.45) is 1.57. The van der Waals surface area contributed by atoms with Crippen LogP contribution in [0.25, 0.3) is 0 Å². The van der Waals surface area contributed by atoms with E-state index in [0.29, 0.717) is 11.4 Å². The van der Waals surface area contributed by atoms with E-state index in [2.05, 4.69) is 4.98 Å². The fourth-order valence-electron chi connectivity index (χ4n) is 1.77. The smallest absolute Gasteiger partial charge is 0.170 e. The lowest BCUT2D eigenvalue weighted by Crippen LogP contribution is -2.14. The predicted molar refractivity (Wildman–Crippen MR) is 73.0 cm³/mol. The van der Waals surface area contributed by atoms with Crippen molar-refractivity contribution in [1.29, 1.82) is 0 Å². The summed E-state index contributed by atoms with van der Waals surface area (Å²) in [7, 11) is 1.79. The van der Waals surface area contributed by atoms with Gasteiger partial charge < -0.3 is 4.90 Å². The first-order valence-corrected chi connectivity index (χ1v) is 6.16. The van der Waals surface area contributed by atoms with Crippen molar-refractivity contribution < 1.29 is 4.39 Å². The number of rotatable bonds is 3. The van der Waals surface area contributed by atoms with Crippen LogP contribution in [0.4, 0.5) is 15.9 Å². The van der Waals surface area contributed by atoms with Crippen molar-refractivity contribution in [3.63, 3.8) is 0 Å². The molecule has 0 N–H and O–H groups in total. The monoisotopic (exact) mass is 264 g/mol. The standard InChI is InChI=1S/C14H14ClFN2/c1-10-4-3-5-12(8-10)18(2)14-13(16)11(9-15)6-7-17-14/h3-8H,9H2,1-2H3. The number of halogens is 2. The van der Waals surface area contributed by atoms with Gasteiger partial charge in [0.05, 0.1) is 5.88 Å². The minimum absolute atomic E-state index is 0.142. The first kappa shape index (κ1) is 12.8. The summed E-state index contributed by atoms with van der Waals surface area (Å²) < 4.78 is 14.1. The molecule has 18 heavy (non-hydrogen) atoms. The van der Waals surface area contributed by atoms with E-state index in [0.717, 1.165) is 11.3 Å². The average molecular weight is 265 g/mol. The fourth-order valence-corrected chi connectivity index (χ4v) is 1.97. The van der Waals surface area contributed by atoms with Gasteiger partial charge in [0.2, 0.25) is 0 Å². The maximum Gasteiger partial charge on any atom is 0.170 e. The van der Waals surface area contributed by atoms with Crippen LogP contribution in [0.15, 0.2) is 36.5 Å². The number of anilines is 2. The number of benzene rings is 1. The zero-order valence-electron chi connectivity index (χ0n) is 10.3. The highest BCUT2D eigenvalue weighted by atomic mass is 35.5. The molecule has 0 radical (unpaired) electrons. The SMILES string of the molecule is Cc1cccc(N(C)c2nccc(CCl)c2F)c1. The third-order valence-electron chi connectivity index (χ3n) is 2.80. The zero-order chi connectivity index (χ0) is 13.1. The van der Waals surface area contributed by atoms with Gasteiger partial charge >= 0.3 is 0 Å². The van der Waals surface area contributed by atoms with Crippen molar-refractivity contribution in [2.24, 2.45) is 0 Å².